The second kappa shape index (κ2) is 6.33. The van der Waals surface area contributed by atoms with Crippen LogP contribution in [0, 0.1) is 0 Å². The lowest BCUT2D eigenvalue weighted by molar-refractivity contribution is 0.549. The molecule has 0 saturated heterocycles. The molecule has 0 amide bonds. The summed E-state index contributed by atoms with van der Waals surface area (Å²) in [7, 11) is 0. The third-order valence-corrected chi connectivity index (χ3v) is 7.37. The van der Waals surface area contributed by atoms with Crippen molar-refractivity contribution in [3.05, 3.63) is 96.3 Å². The number of hydrogen-bond acceptors (Lipinski definition) is 2. The molecule has 0 atom stereocenters. The minimum atomic E-state index is 0.937. The van der Waals surface area contributed by atoms with Gasteiger partial charge in [0.15, 0.2) is 0 Å². The second-order valence-electron chi connectivity index (χ2n) is 9.13. The molecule has 0 fully saturated rings. The van der Waals surface area contributed by atoms with E-state index in [1.807, 2.05) is 4.68 Å². The Kier molecular flexibility index (Phi) is 3.36. The van der Waals surface area contributed by atoms with Crippen LogP contribution in [0.15, 0.2) is 89.4 Å². The van der Waals surface area contributed by atoms with Gasteiger partial charge in [-0.05, 0) is 48.9 Å². The molecule has 0 unspecified atom stereocenters. The Bertz CT molecular complexity index is 1970. The summed E-state index contributed by atoms with van der Waals surface area (Å²) < 4.78 is 10.7. The summed E-state index contributed by atoms with van der Waals surface area (Å²) in [5.41, 5.74) is 7.64. The summed E-state index contributed by atoms with van der Waals surface area (Å²) in [6.45, 7) is 0. The van der Waals surface area contributed by atoms with E-state index in [1.165, 1.54) is 27.4 Å². The van der Waals surface area contributed by atoms with Gasteiger partial charge < -0.3 is 14.8 Å². The van der Waals surface area contributed by atoms with Crippen molar-refractivity contribution in [3.63, 3.8) is 0 Å². The third kappa shape index (κ3) is 2.13. The molecule has 3 aromatic heterocycles. The van der Waals surface area contributed by atoms with Crippen molar-refractivity contribution in [2.45, 2.75) is 12.8 Å². The molecule has 0 radical (unpaired) electrons. The van der Waals surface area contributed by atoms with E-state index in [0.717, 1.165) is 57.1 Å². The molecule has 8 rings (SSSR count). The molecule has 4 nitrogen and oxygen atoms in total. The molecule has 2 N–H and O–H groups in total. The van der Waals surface area contributed by atoms with E-state index in [4.69, 9.17) is 10.3 Å². The standard InChI is InChI=1S/C30H21N3O/c31-33-24-17-16-23-27(21-11-4-6-12-22(21)32(23)18-8-2-1-3-9-18)28(24)29-25(33)15-14-20-19-10-5-7-13-26(19)34-30(20)29/h1-6,8-12,14-17H,7,13,31H2. The van der Waals surface area contributed by atoms with Crippen LogP contribution in [0.25, 0.3) is 66.3 Å². The Morgan fingerprint density at radius 1 is 0.676 bits per heavy atom. The zero-order valence-electron chi connectivity index (χ0n) is 18.5. The molecule has 0 saturated carbocycles. The molecule has 4 heteroatoms. The van der Waals surface area contributed by atoms with Gasteiger partial charge in [-0.15, -0.1) is 0 Å². The molecule has 1 aliphatic rings. The van der Waals surface area contributed by atoms with Gasteiger partial charge in [0.05, 0.1) is 27.5 Å². The van der Waals surface area contributed by atoms with Gasteiger partial charge in [0.25, 0.3) is 0 Å². The van der Waals surface area contributed by atoms with Gasteiger partial charge in [0.2, 0.25) is 0 Å². The minimum Gasteiger partial charge on any atom is -0.460 e. The molecule has 1 aliphatic carbocycles. The lowest BCUT2D eigenvalue weighted by atomic mass is 10.0. The maximum absolute atomic E-state index is 6.70. The van der Waals surface area contributed by atoms with Crippen LogP contribution in [0.3, 0.4) is 0 Å². The molecule has 7 aromatic rings. The maximum Gasteiger partial charge on any atom is 0.145 e. The zero-order valence-corrected chi connectivity index (χ0v) is 18.5. The lowest BCUT2D eigenvalue weighted by Crippen LogP contribution is -2.06. The maximum atomic E-state index is 6.70. The van der Waals surface area contributed by atoms with Crippen LogP contribution in [-0.2, 0) is 6.42 Å². The third-order valence-electron chi connectivity index (χ3n) is 7.37. The molecule has 34 heavy (non-hydrogen) atoms. The monoisotopic (exact) mass is 439 g/mol. The van der Waals surface area contributed by atoms with Crippen molar-refractivity contribution in [1.29, 1.82) is 0 Å². The molecule has 0 spiro atoms. The minimum absolute atomic E-state index is 0.937. The molecule has 0 bridgehead atoms. The number of furan rings is 1. The summed E-state index contributed by atoms with van der Waals surface area (Å²) in [6, 6.07) is 27.8. The summed E-state index contributed by atoms with van der Waals surface area (Å²) in [6.07, 6.45) is 6.39. The Morgan fingerprint density at radius 3 is 2.35 bits per heavy atom. The van der Waals surface area contributed by atoms with Crippen molar-refractivity contribution in [2.75, 3.05) is 5.84 Å². The number of aromatic nitrogens is 2. The van der Waals surface area contributed by atoms with E-state index in [-0.39, 0.29) is 0 Å². The number of benzene rings is 4. The fourth-order valence-corrected chi connectivity index (χ4v) is 5.93. The number of allylic oxidation sites excluding steroid dienone is 1. The smallest absolute Gasteiger partial charge is 0.145 e. The van der Waals surface area contributed by atoms with Gasteiger partial charge in [-0.3, -0.25) is 4.68 Å². The van der Waals surface area contributed by atoms with E-state index in [9.17, 15) is 0 Å². The summed E-state index contributed by atoms with van der Waals surface area (Å²) in [4.78, 5) is 0. The SMILES string of the molecule is Nn1c2ccc3c4c(oc3c2c2c3c5ccccc5n(-c5ccccc5)c3ccc21)CCC=C4. The number of fused-ring (bicyclic) bond motifs is 11. The van der Waals surface area contributed by atoms with Crippen molar-refractivity contribution in [1.82, 2.24) is 9.24 Å². The first-order valence-corrected chi connectivity index (χ1v) is 11.7. The van der Waals surface area contributed by atoms with E-state index in [1.54, 1.807) is 0 Å². The van der Waals surface area contributed by atoms with Crippen LogP contribution in [0.4, 0.5) is 0 Å². The Hall–Kier alpha value is -4.44. The average molecular weight is 440 g/mol. The summed E-state index contributed by atoms with van der Waals surface area (Å²) in [5.74, 6) is 7.77. The van der Waals surface area contributed by atoms with Crippen molar-refractivity contribution < 1.29 is 4.42 Å². The van der Waals surface area contributed by atoms with Crippen molar-refractivity contribution >= 4 is 60.7 Å². The predicted octanol–water partition coefficient (Wildman–Crippen LogP) is 7.31. The Labute approximate surface area is 195 Å². The van der Waals surface area contributed by atoms with Crippen molar-refractivity contribution in [2.24, 2.45) is 0 Å². The predicted molar refractivity (Wildman–Crippen MR) is 141 cm³/mol. The number of nitrogen functional groups attached to an aromatic ring is 1. The van der Waals surface area contributed by atoms with Gasteiger partial charge in [0.1, 0.15) is 11.3 Å². The Morgan fingerprint density at radius 2 is 1.44 bits per heavy atom. The van der Waals surface area contributed by atoms with Gasteiger partial charge in [-0.2, -0.15) is 0 Å². The highest BCUT2D eigenvalue weighted by Crippen LogP contribution is 2.44. The van der Waals surface area contributed by atoms with Crippen LogP contribution < -0.4 is 5.84 Å². The first-order valence-electron chi connectivity index (χ1n) is 11.7. The molecule has 3 heterocycles. The normalized spacial score (nSPS) is 13.6. The van der Waals surface area contributed by atoms with E-state index in [2.05, 4.69) is 95.6 Å². The zero-order chi connectivity index (χ0) is 22.4. The number of nitrogens with two attached hydrogens (primary N) is 1. The first-order chi connectivity index (χ1) is 16.8. The highest BCUT2D eigenvalue weighted by atomic mass is 16.3. The summed E-state index contributed by atoms with van der Waals surface area (Å²) >= 11 is 0. The molecular formula is C30H21N3O. The first kappa shape index (κ1) is 18.0. The van der Waals surface area contributed by atoms with E-state index >= 15 is 0 Å². The molecular weight excluding hydrogens is 418 g/mol. The Balaban J connectivity index is 1.65. The van der Waals surface area contributed by atoms with Crippen LogP contribution >= 0.6 is 0 Å². The fraction of sp³-hybridized carbons (Fsp3) is 0.0667. The van der Waals surface area contributed by atoms with Crippen molar-refractivity contribution in [3.8, 4) is 5.69 Å². The fourth-order valence-electron chi connectivity index (χ4n) is 5.93. The van der Waals surface area contributed by atoms with Crippen LogP contribution in [0.2, 0.25) is 0 Å². The second-order valence-corrected chi connectivity index (χ2v) is 9.13. The van der Waals surface area contributed by atoms with Gasteiger partial charge in [-0.25, -0.2) is 0 Å². The van der Waals surface area contributed by atoms with Gasteiger partial charge in [-0.1, -0.05) is 48.6 Å². The summed E-state index contributed by atoms with van der Waals surface area (Å²) in [5, 5.41) is 5.84. The average Bonchev–Trinajstić information content (AvgIpc) is 3.52. The molecule has 4 aromatic carbocycles. The highest BCUT2D eigenvalue weighted by Gasteiger charge is 2.23. The van der Waals surface area contributed by atoms with Crippen LogP contribution in [0.5, 0.6) is 0 Å². The quantitative estimate of drug-likeness (QED) is 0.273. The molecule has 162 valence electrons. The highest BCUT2D eigenvalue weighted by molar-refractivity contribution is 6.32. The van der Waals surface area contributed by atoms with E-state index in [0.29, 0.717) is 0 Å². The van der Waals surface area contributed by atoms with Gasteiger partial charge in [0, 0.05) is 39.2 Å². The number of para-hydroxylation sites is 2. The number of nitrogens with zero attached hydrogens (tertiary/aromatic N) is 2. The largest absolute Gasteiger partial charge is 0.460 e. The number of rotatable bonds is 1. The molecule has 0 aliphatic heterocycles. The van der Waals surface area contributed by atoms with Gasteiger partial charge >= 0.3 is 0 Å². The topological polar surface area (TPSA) is 49.0 Å². The van der Waals surface area contributed by atoms with Crippen LogP contribution in [-0.4, -0.2) is 9.24 Å². The number of hydrogen-bond donors (Lipinski definition) is 1. The lowest BCUT2D eigenvalue weighted by Gasteiger charge is -2.07. The van der Waals surface area contributed by atoms with Crippen LogP contribution in [0.1, 0.15) is 17.7 Å². The van der Waals surface area contributed by atoms with E-state index < -0.39 is 0 Å². The number of aryl methyl sites for hydroxylation is 1.